The fraction of sp³-hybridized carbons (Fsp3) is 0.919. The summed E-state index contributed by atoms with van der Waals surface area (Å²) in [7, 11) is -4.26. The molecule has 2 unspecified atom stereocenters. The van der Waals surface area contributed by atoms with Crippen LogP contribution in [-0.2, 0) is 27.9 Å². The number of carbonyl (C=O) groups is 1. The average Bonchev–Trinajstić information content (AvgIpc) is 3.04. The van der Waals surface area contributed by atoms with E-state index in [0.717, 1.165) is 44.9 Å². The summed E-state index contributed by atoms with van der Waals surface area (Å²) in [5.41, 5.74) is 5.35. The second-order valence-corrected chi connectivity index (χ2v) is 14.2. The standard InChI is InChI=1S/C37H74NO7P/c1-3-5-7-9-11-13-15-16-17-18-19-21-23-25-27-29-32-42-34-36(35-44-46(40,41)43-33-31-38)45-37(39)30-28-26-24-22-20-14-12-10-8-6-4-2/h10,12,36H,3-9,11,13-35,38H2,1-2H3,(H,40,41)/b12-10-. The van der Waals surface area contributed by atoms with Crippen LogP contribution < -0.4 is 5.73 Å². The van der Waals surface area contributed by atoms with Crippen molar-refractivity contribution < 1.29 is 32.8 Å². The maximum absolute atomic E-state index is 12.5. The zero-order valence-electron chi connectivity index (χ0n) is 30.1. The predicted octanol–water partition coefficient (Wildman–Crippen LogP) is 10.7. The van der Waals surface area contributed by atoms with E-state index in [1.54, 1.807) is 0 Å². The van der Waals surface area contributed by atoms with Crippen LogP contribution in [0.1, 0.15) is 181 Å². The topological polar surface area (TPSA) is 117 Å². The molecule has 0 radical (unpaired) electrons. The van der Waals surface area contributed by atoms with Crippen molar-refractivity contribution in [2.24, 2.45) is 5.73 Å². The minimum Gasteiger partial charge on any atom is -0.457 e. The first-order valence-electron chi connectivity index (χ1n) is 19.2. The lowest BCUT2D eigenvalue weighted by Gasteiger charge is -2.20. The molecule has 8 nitrogen and oxygen atoms in total. The van der Waals surface area contributed by atoms with Gasteiger partial charge in [0.05, 0.1) is 19.8 Å². The van der Waals surface area contributed by atoms with E-state index in [9.17, 15) is 14.3 Å². The maximum Gasteiger partial charge on any atom is 0.472 e. The molecule has 0 aromatic rings. The Morgan fingerprint density at radius 1 is 0.630 bits per heavy atom. The zero-order chi connectivity index (χ0) is 33.8. The molecule has 0 heterocycles. The lowest BCUT2D eigenvalue weighted by atomic mass is 10.0. The maximum atomic E-state index is 12.5. The van der Waals surface area contributed by atoms with Gasteiger partial charge in [0.1, 0.15) is 6.10 Å². The highest BCUT2D eigenvalue weighted by molar-refractivity contribution is 7.47. The first kappa shape index (κ1) is 45.2. The summed E-state index contributed by atoms with van der Waals surface area (Å²) in [5.74, 6) is -0.339. The van der Waals surface area contributed by atoms with Crippen LogP contribution in [0.25, 0.3) is 0 Å². The molecule has 0 amide bonds. The summed E-state index contributed by atoms with van der Waals surface area (Å²) in [6.45, 7) is 4.89. The zero-order valence-corrected chi connectivity index (χ0v) is 31.0. The van der Waals surface area contributed by atoms with Gasteiger partial charge in [-0.25, -0.2) is 4.57 Å². The van der Waals surface area contributed by atoms with Gasteiger partial charge in [-0.1, -0.05) is 154 Å². The van der Waals surface area contributed by atoms with Gasteiger partial charge < -0.3 is 20.1 Å². The average molecular weight is 676 g/mol. The van der Waals surface area contributed by atoms with Gasteiger partial charge in [0.15, 0.2) is 0 Å². The SMILES string of the molecule is CCCC/C=C\CCCCCCCC(=O)OC(COCCCCCCCCCCCCCCCCCC)COP(=O)(O)OCCN. The van der Waals surface area contributed by atoms with Crippen LogP contribution >= 0.6 is 7.82 Å². The molecule has 0 aromatic heterocycles. The normalized spacial score (nSPS) is 13.7. The number of carbonyl (C=O) groups excluding carboxylic acids is 1. The van der Waals surface area contributed by atoms with Crippen molar-refractivity contribution in [1.82, 2.24) is 0 Å². The fourth-order valence-corrected chi connectivity index (χ4v) is 6.10. The summed E-state index contributed by atoms with van der Waals surface area (Å²) < 4.78 is 33.3. The van der Waals surface area contributed by atoms with Crippen LogP contribution in [0.2, 0.25) is 0 Å². The van der Waals surface area contributed by atoms with Crippen LogP contribution in [0.15, 0.2) is 12.2 Å². The summed E-state index contributed by atoms with van der Waals surface area (Å²) in [5, 5.41) is 0. The molecule has 0 rings (SSSR count). The highest BCUT2D eigenvalue weighted by Crippen LogP contribution is 2.43. The molecule has 0 aliphatic heterocycles. The molecule has 0 fully saturated rings. The van der Waals surface area contributed by atoms with Gasteiger partial charge in [0.25, 0.3) is 0 Å². The summed E-state index contributed by atoms with van der Waals surface area (Å²) in [4.78, 5) is 22.3. The van der Waals surface area contributed by atoms with Crippen molar-refractivity contribution in [3.63, 3.8) is 0 Å². The van der Waals surface area contributed by atoms with Crippen molar-refractivity contribution in [2.75, 3.05) is 33.0 Å². The van der Waals surface area contributed by atoms with Gasteiger partial charge >= 0.3 is 13.8 Å². The van der Waals surface area contributed by atoms with E-state index in [1.807, 2.05) is 0 Å². The largest absolute Gasteiger partial charge is 0.472 e. The molecule has 0 saturated heterocycles. The minimum atomic E-state index is -4.26. The Kier molecular flexibility index (Phi) is 35.0. The number of allylic oxidation sites excluding steroid dienone is 2. The van der Waals surface area contributed by atoms with Gasteiger partial charge in [0, 0.05) is 19.6 Å². The molecule has 0 bridgehead atoms. The Bertz CT molecular complexity index is 722. The predicted molar refractivity (Wildman–Crippen MR) is 192 cm³/mol. The van der Waals surface area contributed by atoms with Gasteiger partial charge in [-0.3, -0.25) is 13.8 Å². The van der Waals surface area contributed by atoms with E-state index in [0.29, 0.717) is 13.0 Å². The fourth-order valence-electron chi connectivity index (χ4n) is 5.33. The third-order valence-corrected chi connectivity index (χ3v) is 9.17. The smallest absolute Gasteiger partial charge is 0.457 e. The minimum absolute atomic E-state index is 0.0941. The number of ether oxygens (including phenoxy) is 2. The van der Waals surface area contributed by atoms with E-state index in [1.165, 1.54) is 116 Å². The Morgan fingerprint density at radius 2 is 1.11 bits per heavy atom. The third kappa shape index (κ3) is 34.6. The molecule has 46 heavy (non-hydrogen) atoms. The van der Waals surface area contributed by atoms with Crippen molar-refractivity contribution in [3.05, 3.63) is 12.2 Å². The van der Waals surface area contributed by atoms with Crippen LogP contribution in [0.4, 0.5) is 0 Å². The molecule has 0 spiro atoms. The first-order valence-corrected chi connectivity index (χ1v) is 20.7. The monoisotopic (exact) mass is 676 g/mol. The van der Waals surface area contributed by atoms with Crippen LogP contribution in [-0.4, -0.2) is 49.9 Å². The highest BCUT2D eigenvalue weighted by Gasteiger charge is 2.25. The van der Waals surface area contributed by atoms with Crippen LogP contribution in [0.3, 0.4) is 0 Å². The Balaban J connectivity index is 4.03. The Morgan fingerprint density at radius 3 is 1.65 bits per heavy atom. The Hall–Kier alpha value is -0.760. The summed E-state index contributed by atoms with van der Waals surface area (Å²) in [6, 6.07) is 0. The molecule has 0 aromatic carbocycles. The second kappa shape index (κ2) is 35.5. The number of esters is 1. The van der Waals surface area contributed by atoms with E-state index >= 15 is 0 Å². The van der Waals surface area contributed by atoms with Crippen molar-refractivity contribution in [3.8, 4) is 0 Å². The van der Waals surface area contributed by atoms with Gasteiger partial charge in [0.2, 0.25) is 0 Å². The summed E-state index contributed by atoms with van der Waals surface area (Å²) in [6.07, 6.45) is 35.1. The van der Waals surface area contributed by atoms with Gasteiger partial charge in [-0.15, -0.1) is 0 Å². The van der Waals surface area contributed by atoms with E-state index < -0.39 is 13.9 Å². The van der Waals surface area contributed by atoms with Crippen LogP contribution in [0.5, 0.6) is 0 Å². The highest BCUT2D eigenvalue weighted by atomic mass is 31.2. The first-order chi connectivity index (χ1) is 22.4. The number of phosphoric acid groups is 1. The molecule has 0 aliphatic rings. The van der Waals surface area contributed by atoms with Crippen LogP contribution in [0, 0.1) is 0 Å². The molecule has 3 N–H and O–H groups in total. The van der Waals surface area contributed by atoms with Crippen molar-refractivity contribution in [2.45, 2.75) is 187 Å². The van der Waals surface area contributed by atoms with E-state index in [-0.39, 0.29) is 32.3 Å². The van der Waals surface area contributed by atoms with Gasteiger partial charge in [-0.2, -0.15) is 0 Å². The number of hydrogen-bond acceptors (Lipinski definition) is 7. The lowest BCUT2D eigenvalue weighted by molar-refractivity contribution is -0.154. The number of nitrogens with two attached hydrogens (primary N) is 1. The molecular weight excluding hydrogens is 601 g/mol. The summed E-state index contributed by atoms with van der Waals surface area (Å²) >= 11 is 0. The molecule has 0 saturated carbocycles. The van der Waals surface area contributed by atoms with E-state index in [4.69, 9.17) is 24.3 Å². The molecule has 274 valence electrons. The third-order valence-electron chi connectivity index (χ3n) is 8.18. The lowest BCUT2D eigenvalue weighted by Crippen LogP contribution is -2.28. The Labute approximate surface area is 283 Å². The molecular formula is C37H74NO7P. The number of rotatable bonds is 37. The van der Waals surface area contributed by atoms with Gasteiger partial charge in [-0.05, 0) is 32.1 Å². The molecule has 9 heteroatoms. The van der Waals surface area contributed by atoms with E-state index in [2.05, 4.69) is 26.0 Å². The quantitative estimate of drug-likeness (QED) is 0.0289. The molecule has 2 atom stereocenters. The number of phosphoric ester groups is 1. The van der Waals surface area contributed by atoms with Crippen molar-refractivity contribution in [1.29, 1.82) is 0 Å². The second-order valence-electron chi connectivity index (χ2n) is 12.8. The number of hydrogen-bond donors (Lipinski definition) is 2. The number of unbranched alkanes of at least 4 members (excludes halogenated alkanes) is 22. The van der Waals surface area contributed by atoms with Crippen molar-refractivity contribution >= 4 is 13.8 Å². The molecule has 0 aliphatic carbocycles.